The summed E-state index contributed by atoms with van der Waals surface area (Å²) in [6.45, 7) is 0.108. The van der Waals surface area contributed by atoms with Gasteiger partial charge in [-0.3, -0.25) is 4.79 Å². The van der Waals surface area contributed by atoms with E-state index in [4.69, 9.17) is 0 Å². The summed E-state index contributed by atoms with van der Waals surface area (Å²) in [4.78, 5) is 12.4. The average Bonchev–Trinajstić information content (AvgIpc) is 2.84. The molecule has 0 atom stereocenters. The number of hydrogen-bond acceptors (Lipinski definition) is 4. The largest absolute Gasteiger partial charge is 0.416 e. The van der Waals surface area contributed by atoms with Crippen molar-refractivity contribution in [3.05, 3.63) is 76.8 Å². The highest BCUT2D eigenvalue weighted by molar-refractivity contribution is 7.97. The van der Waals surface area contributed by atoms with Crippen LogP contribution in [0.3, 0.4) is 0 Å². The van der Waals surface area contributed by atoms with Crippen LogP contribution in [0.25, 0.3) is 0 Å². The lowest BCUT2D eigenvalue weighted by molar-refractivity contribution is -0.137. The third kappa shape index (κ3) is 4.13. The van der Waals surface area contributed by atoms with Crippen LogP contribution in [0.1, 0.15) is 11.1 Å². The summed E-state index contributed by atoms with van der Waals surface area (Å²) in [7, 11) is -3.95. The number of hydrogen-bond donors (Lipinski definition) is 1. The predicted octanol–water partition coefficient (Wildman–Crippen LogP) is 3.06. The first-order valence-electron chi connectivity index (χ1n) is 7.95. The van der Waals surface area contributed by atoms with Crippen LogP contribution in [-0.2, 0) is 27.4 Å². The van der Waals surface area contributed by atoms with Crippen LogP contribution in [0.4, 0.5) is 18.9 Å². The molecule has 1 N–H and O–H groups in total. The van der Waals surface area contributed by atoms with E-state index in [0.717, 1.165) is 17.5 Å². The van der Waals surface area contributed by atoms with Crippen LogP contribution in [0.5, 0.6) is 0 Å². The van der Waals surface area contributed by atoms with Crippen molar-refractivity contribution in [1.82, 2.24) is 5.32 Å². The quantitative estimate of drug-likeness (QED) is 0.844. The number of halogens is 3. The monoisotopic (exact) mass is 396 g/mol. The van der Waals surface area contributed by atoms with E-state index in [9.17, 15) is 26.4 Å². The van der Waals surface area contributed by atoms with Gasteiger partial charge < -0.3 is 5.32 Å². The molecule has 0 fully saturated rings. The van der Waals surface area contributed by atoms with E-state index in [0.29, 0.717) is 9.87 Å². The zero-order valence-corrected chi connectivity index (χ0v) is 14.7. The number of anilines is 1. The number of rotatable bonds is 5. The van der Waals surface area contributed by atoms with Crippen molar-refractivity contribution < 1.29 is 26.4 Å². The molecule has 2 aromatic rings. The molecule has 0 saturated carbocycles. The van der Waals surface area contributed by atoms with Crippen molar-refractivity contribution in [3.63, 3.8) is 0 Å². The number of nitrogens with zero attached hydrogens (tertiary/aromatic N) is 1. The van der Waals surface area contributed by atoms with Crippen LogP contribution < -0.4 is 9.62 Å². The molecule has 3 rings (SSSR count). The lowest BCUT2D eigenvalue weighted by atomic mass is 10.1. The van der Waals surface area contributed by atoms with Crippen LogP contribution in [0.15, 0.2) is 65.7 Å². The number of benzene rings is 2. The fourth-order valence-electron chi connectivity index (χ4n) is 2.67. The molecule has 27 heavy (non-hydrogen) atoms. The molecule has 0 unspecified atom stereocenters. The molecule has 1 aliphatic rings. The van der Waals surface area contributed by atoms with E-state index >= 15 is 0 Å². The Morgan fingerprint density at radius 1 is 1.00 bits per heavy atom. The SMILES string of the molecule is O=C1C(NCCc2cccc(C(F)(F)F)c2)=CS(=O)(=O)N1c1ccccc1. The Morgan fingerprint density at radius 3 is 2.37 bits per heavy atom. The number of carbonyl (C=O) groups excluding carboxylic acids is 1. The van der Waals surface area contributed by atoms with Gasteiger partial charge in [0.25, 0.3) is 15.9 Å². The van der Waals surface area contributed by atoms with E-state index in [1.807, 2.05) is 0 Å². The van der Waals surface area contributed by atoms with Crippen molar-refractivity contribution in [2.75, 3.05) is 10.8 Å². The number of amides is 1. The molecule has 142 valence electrons. The molecule has 1 amide bonds. The number of sulfonamides is 1. The summed E-state index contributed by atoms with van der Waals surface area (Å²) < 4.78 is 63.4. The van der Waals surface area contributed by atoms with E-state index in [2.05, 4.69) is 5.32 Å². The minimum absolute atomic E-state index is 0.108. The maximum absolute atomic E-state index is 12.7. The molecule has 0 bridgehead atoms. The molecular weight excluding hydrogens is 381 g/mol. The third-order valence-corrected chi connectivity index (χ3v) is 5.33. The van der Waals surface area contributed by atoms with Crippen molar-refractivity contribution in [3.8, 4) is 0 Å². The summed E-state index contributed by atoms with van der Waals surface area (Å²) in [5.41, 5.74) is -0.237. The first-order valence-corrected chi connectivity index (χ1v) is 9.45. The van der Waals surface area contributed by atoms with Gasteiger partial charge in [0.2, 0.25) is 0 Å². The van der Waals surface area contributed by atoms with Crippen LogP contribution in [0.2, 0.25) is 0 Å². The molecule has 0 aromatic heterocycles. The number of carbonyl (C=O) groups is 1. The summed E-state index contributed by atoms with van der Waals surface area (Å²) in [6, 6.07) is 12.7. The molecule has 0 spiro atoms. The minimum atomic E-state index is -4.43. The summed E-state index contributed by atoms with van der Waals surface area (Å²) in [5.74, 6) is -0.731. The molecule has 0 saturated heterocycles. The number of para-hydroxylation sites is 1. The molecule has 1 heterocycles. The molecule has 2 aromatic carbocycles. The van der Waals surface area contributed by atoms with Gasteiger partial charge in [0.05, 0.1) is 16.7 Å². The highest BCUT2D eigenvalue weighted by atomic mass is 32.2. The van der Waals surface area contributed by atoms with E-state index in [-0.39, 0.29) is 24.4 Å². The maximum atomic E-state index is 12.7. The zero-order valence-electron chi connectivity index (χ0n) is 13.9. The van der Waals surface area contributed by atoms with E-state index < -0.39 is 27.7 Å². The lowest BCUT2D eigenvalue weighted by Crippen LogP contribution is -2.33. The van der Waals surface area contributed by atoms with E-state index in [1.54, 1.807) is 18.2 Å². The Kier molecular flexibility index (Phi) is 4.97. The first-order chi connectivity index (χ1) is 12.7. The standard InChI is InChI=1S/C18H15F3N2O3S/c19-18(20,21)14-6-4-5-13(11-14)9-10-22-16-12-27(25,26)23(17(16)24)15-7-2-1-3-8-15/h1-8,11-12,22H,9-10H2. The van der Waals surface area contributed by atoms with Gasteiger partial charge in [-0.15, -0.1) is 0 Å². The van der Waals surface area contributed by atoms with Crippen molar-refractivity contribution in [1.29, 1.82) is 0 Å². The highest BCUT2D eigenvalue weighted by Gasteiger charge is 2.37. The molecule has 1 aliphatic heterocycles. The topological polar surface area (TPSA) is 66.5 Å². The average molecular weight is 396 g/mol. The Labute approximate surface area is 154 Å². The Morgan fingerprint density at radius 2 is 1.70 bits per heavy atom. The molecule has 0 aliphatic carbocycles. The van der Waals surface area contributed by atoms with Crippen molar-refractivity contribution in [2.24, 2.45) is 0 Å². The Hall–Kier alpha value is -2.81. The lowest BCUT2D eigenvalue weighted by Gasteiger charge is -2.15. The third-order valence-electron chi connectivity index (χ3n) is 3.91. The fraction of sp³-hybridized carbons (Fsp3) is 0.167. The Bertz CT molecular complexity index is 986. The Balaban J connectivity index is 1.68. The van der Waals surface area contributed by atoms with Crippen LogP contribution >= 0.6 is 0 Å². The van der Waals surface area contributed by atoms with E-state index in [1.165, 1.54) is 24.3 Å². The normalized spacial score (nSPS) is 16.3. The van der Waals surface area contributed by atoms with Gasteiger partial charge in [-0.05, 0) is 30.2 Å². The minimum Gasteiger partial charge on any atom is -0.380 e. The molecule has 9 heteroatoms. The second-order valence-electron chi connectivity index (χ2n) is 5.86. The maximum Gasteiger partial charge on any atom is 0.416 e. The van der Waals surface area contributed by atoms with Gasteiger partial charge in [0.15, 0.2) is 0 Å². The first kappa shape index (κ1) is 19.0. The van der Waals surface area contributed by atoms with Gasteiger partial charge in [0.1, 0.15) is 5.70 Å². The highest BCUT2D eigenvalue weighted by Crippen LogP contribution is 2.30. The summed E-state index contributed by atoms with van der Waals surface area (Å²) in [5, 5.41) is 3.53. The van der Waals surface area contributed by atoms with Crippen LogP contribution in [-0.4, -0.2) is 20.9 Å². The zero-order chi connectivity index (χ0) is 19.7. The van der Waals surface area contributed by atoms with Gasteiger partial charge >= 0.3 is 6.18 Å². The van der Waals surface area contributed by atoms with Crippen LogP contribution in [0, 0.1) is 0 Å². The number of alkyl halides is 3. The van der Waals surface area contributed by atoms with Crippen molar-refractivity contribution in [2.45, 2.75) is 12.6 Å². The molecular formula is C18H15F3N2O3S. The number of nitrogens with one attached hydrogen (secondary N) is 1. The van der Waals surface area contributed by atoms with Gasteiger partial charge in [-0.1, -0.05) is 36.4 Å². The molecule has 5 nitrogen and oxygen atoms in total. The van der Waals surface area contributed by atoms with Crippen molar-refractivity contribution >= 4 is 21.6 Å². The van der Waals surface area contributed by atoms with Gasteiger partial charge in [-0.25, -0.2) is 8.42 Å². The fourth-order valence-corrected chi connectivity index (χ4v) is 4.00. The van der Waals surface area contributed by atoms with Gasteiger partial charge in [-0.2, -0.15) is 17.5 Å². The second-order valence-corrected chi connectivity index (χ2v) is 7.49. The summed E-state index contributed by atoms with van der Waals surface area (Å²) in [6.07, 6.45) is -4.24. The van der Waals surface area contributed by atoms with Gasteiger partial charge in [0, 0.05) is 6.54 Å². The smallest absolute Gasteiger partial charge is 0.380 e. The predicted molar refractivity (Wildman–Crippen MR) is 94.1 cm³/mol. The summed E-state index contributed by atoms with van der Waals surface area (Å²) >= 11 is 0. The molecule has 0 radical (unpaired) electrons. The second kappa shape index (κ2) is 7.07.